The number of nitrogens with one attached hydrogen (secondary N) is 1. The Morgan fingerprint density at radius 3 is 2.31 bits per heavy atom. The Hall–Kier alpha value is -4.15. The number of halogens is 3. The summed E-state index contributed by atoms with van der Waals surface area (Å²) in [6.45, 7) is 2.28. The summed E-state index contributed by atoms with van der Waals surface area (Å²) in [6.07, 6.45) is 1.61. The molecule has 3 aliphatic heterocycles. The number of carbonyl (C=O) groups excluding carboxylic acids is 2. The van der Waals surface area contributed by atoms with Crippen molar-refractivity contribution in [2.24, 2.45) is 0 Å². The fraction of sp³-hybridized carbons (Fsp3) is 0.357. The number of benzene rings is 2. The molecule has 2 aromatic rings. The molecular formula is C28H29F3N4O4. The summed E-state index contributed by atoms with van der Waals surface area (Å²) in [5.74, 6) is 0.917. The molecule has 0 bridgehead atoms. The Labute approximate surface area is 224 Å². The summed E-state index contributed by atoms with van der Waals surface area (Å²) >= 11 is 0. The normalized spacial score (nSPS) is 20.7. The van der Waals surface area contributed by atoms with E-state index in [4.69, 9.17) is 9.47 Å². The van der Waals surface area contributed by atoms with Gasteiger partial charge >= 0.3 is 6.18 Å². The lowest BCUT2D eigenvalue weighted by Gasteiger charge is -2.51. The van der Waals surface area contributed by atoms with Crippen molar-refractivity contribution in [3.8, 4) is 11.5 Å². The van der Waals surface area contributed by atoms with Crippen molar-refractivity contribution >= 4 is 11.8 Å². The smallest absolute Gasteiger partial charge is 0.416 e. The van der Waals surface area contributed by atoms with Crippen LogP contribution in [0.4, 0.5) is 13.2 Å². The molecule has 3 heterocycles. The van der Waals surface area contributed by atoms with Gasteiger partial charge in [0.2, 0.25) is 5.91 Å². The van der Waals surface area contributed by atoms with E-state index in [0.29, 0.717) is 32.1 Å². The number of hydrogen-bond acceptors (Lipinski definition) is 6. The number of allylic oxidation sites excluding steroid dienone is 2. The molecule has 0 spiro atoms. The van der Waals surface area contributed by atoms with Gasteiger partial charge in [0.05, 0.1) is 25.8 Å². The molecule has 1 atom stereocenters. The van der Waals surface area contributed by atoms with E-state index in [-0.39, 0.29) is 31.0 Å². The van der Waals surface area contributed by atoms with Gasteiger partial charge in [-0.1, -0.05) is 24.3 Å². The van der Waals surface area contributed by atoms with Gasteiger partial charge in [-0.15, -0.1) is 0 Å². The van der Waals surface area contributed by atoms with E-state index < -0.39 is 23.4 Å². The number of likely N-dealkylation sites (tertiary alicyclic amines) is 1. The van der Waals surface area contributed by atoms with Gasteiger partial charge in [0.15, 0.2) is 0 Å². The van der Waals surface area contributed by atoms with Gasteiger partial charge in [-0.3, -0.25) is 14.5 Å². The predicted octanol–water partition coefficient (Wildman–Crippen LogP) is 3.37. The fourth-order valence-electron chi connectivity index (χ4n) is 4.91. The van der Waals surface area contributed by atoms with Crippen molar-refractivity contribution in [2.75, 3.05) is 40.0 Å². The molecule has 206 valence electrons. The number of ether oxygens (including phenoxy) is 2. The third-order valence-corrected chi connectivity index (χ3v) is 7.13. The Kier molecular flexibility index (Phi) is 7.16. The summed E-state index contributed by atoms with van der Waals surface area (Å²) in [6, 6.07) is 11.2. The van der Waals surface area contributed by atoms with Crippen molar-refractivity contribution in [3.63, 3.8) is 0 Å². The van der Waals surface area contributed by atoms with Gasteiger partial charge in [-0.05, 0) is 48.0 Å². The topological polar surface area (TPSA) is 74.3 Å². The Morgan fingerprint density at radius 1 is 1.00 bits per heavy atom. The average molecular weight is 543 g/mol. The minimum Gasteiger partial charge on any atom is -0.497 e. The molecule has 5 rings (SSSR count). The Bertz CT molecular complexity index is 1280. The third-order valence-electron chi connectivity index (χ3n) is 7.13. The average Bonchev–Trinajstić information content (AvgIpc) is 3.42. The van der Waals surface area contributed by atoms with Gasteiger partial charge < -0.3 is 24.6 Å². The van der Waals surface area contributed by atoms with Crippen molar-refractivity contribution in [3.05, 3.63) is 83.7 Å². The number of nitrogens with zero attached hydrogens (tertiary/aromatic N) is 3. The van der Waals surface area contributed by atoms with Crippen LogP contribution in [-0.4, -0.2) is 72.2 Å². The second-order valence-electron chi connectivity index (χ2n) is 9.56. The number of alkyl halides is 3. The molecule has 11 heteroatoms. The van der Waals surface area contributed by atoms with E-state index in [2.05, 4.69) is 5.32 Å². The van der Waals surface area contributed by atoms with E-state index in [1.807, 2.05) is 23.1 Å². The molecular weight excluding hydrogens is 513 g/mol. The summed E-state index contributed by atoms with van der Waals surface area (Å²) in [5, 5.41) is 3.27. The lowest BCUT2D eigenvalue weighted by molar-refractivity contribution is -0.199. The van der Waals surface area contributed by atoms with E-state index in [1.54, 1.807) is 36.3 Å². The first-order chi connectivity index (χ1) is 18.7. The monoisotopic (exact) mass is 542 g/mol. The molecule has 1 N–H and O–H groups in total. The van der Waals surface area contributed by atoms with Gasteiger partial charge in [0, 0.05) is 32.6 Å². The highest BCUT2D eigenvalue weighted by Gasteiger charge is 2.58. The second kappa shape index (κ2) is 10.5. The Balaban J connectivity index is 1.38. The van der Waals surface area contributed by atoms with Gasteiger partial charge in [-0.2, -0.15) is 13.2 Å². The van der Waals surface area contributed by atoms with Crippen LogP contribution < -0.4 is 14.8 Å². The number of rotatable bonds is 7. The number of dihydropyridines is 1. The first kappa shape index (κ1) is 26.5. The quantitative estimate of drug-likeness (QED) is 0.579. The number of amides is 2. The molecule has 39 heavy (non-hydrogen) atoms. The van der Waals surface area contributed by atoms with Gasteiger partial charge in [-0.25, -0.2) is 0 Å². The molecule has 2 amide bonds. The zero-order valence-electron chi connectivity index (χ0n) is 21.4. The first-order valence-electron chi connectivity index (χ1n) is 12.6. The number of hydrogen-bond donors (Lipinski definition) is 1. The van der Waals surface area contributed by atoms with E-state index in [0.717, 1.165) is 23.5 Å². The molecule has 0 radical (unpaired) electrons. The van der Waals surface area contributed by atoms with Gasteiger partial charge in [0.1, 0.15) is 17.3 Å². The van der Waals surface area contributed by atoms with Crippen LogP contribution in [0, 0.1) is 0 Å². The van der Waals surface area contributed by atoms with Crippen LogP contribution in [0.2, 0.25) is 0 Å². The summed E-state index contributed by atoms with van der Waals surface area (Å²) < 4.78 is 50.6. The van der Waals surface area contributed by atoms with Crippen molar-refractivity contribution in [1.82, 2.24) is 20.0 Å². The maximum absolute atomic E-state index is 14.0. The summed E-state index contributed by atoms with van der Waals surface area (Å²) in [7, 11) is 1.55. The van der Waals surface area contributed by atoms with Crippen molar-refractivity contribution < 1.29 is 32.2 Å². The zero-order valence-corrected chi connectivity index (χ0v) is 21.4. The van der Waals surface area contributed by atoms with E-state index in [9.17, 15) is 22.8 Å². The Morgan fingerprint density at radius 2 is 1.72 bits per heavy atom. The van der Waals surface area contributed by atoms with Crippen LogP contribution in [0.1, 0.15) is 17.5 Å². The van der Waals surface area contributed by atoms with E-state index in [1.165, 1.54) is 17.0 Å². The van der Waals surface area contributed by atoms with Crippen LogP contribution in [0.5, 0.6) is 11.5 Å². The summed E-state index contributed by atoms with van der Waals surface area (Å²) in [5.41, 5.74) is -1.74. The summed E-state index contributed by atoms with van der Waals surface area (Å²) in [4.78, 5) is 32.5. The standard InChI is InChI=1S/C28H29F3N4O4/c1-38-22-9-5-20(6-10-22)18-25(36)35-15-13-27(35,39-23-11-7-21(8-12-23)28(29,30)31)26(37)34-17-16-33(19-34)24-4-2-3-14-32-24/h2-12,32H,13-19H2,1H3. The lowest BCUT2D eigenvalue weighted by Crippen LogP contribution is -2.72. The number of carbonyl (C=O) groups is 2. The first-order valence-corrected chi connectivity index (χ1v) is 12.6. The molecule has 2 saturated heterocycles. The van der Waals surface area contributed by atoms with Crippen LogP contribution in [0.15, 0.2) is 72.6 Å². The van der Waals surface area contributed by atoms with E-state index >= 15 is 0 Å². The van der Waals surface area contributed by atoms with Crippen molar-refractivity contribution in [1.29, 1.82) is 0 Å². The largest absolute Gasteiger partial charge is 0.497 e. The minimum atomic E-state index is -4.50. The third kappa shape index (κ3) is 5.39. The highest BCUT2D eigenvalue weighted by molar-refractivity contribution is 5.93. The molecule has 8 nitrogen and oxygen atoms in total. The molecule has 1 unspecified atom stereocenters. The molecule has 0 aliphatic carbocycles. The minimum absolute atomic E-state index is 0.0324. The maximum Gasteiger partial charge on any atom is 0.416 e. The molecule has 0 saturated carbocycles. The molecule has 2 fully saturated rings. The lowest BCUT2D eigenvalue weighted by atomic mass is 9.94. The van der Waals surface area contributed by atoms with Crippen molar-refractivity contribution in [2.45, 2.75) is 24.7 Å². The molecule has 0 aromatic heterocycles. The van der Waals surface area contributed by atoms with Crippen LogP contribution in [0.25, 0.3) is 0 Å². The van der Waals surface area contributed by atoms with Crippen LogP contribution >= 0.6 is 0 Å². The zero-order chi connectivity index (χ0) is 27.6. The van der Waals surface area contributed by atoms with Crippen LogP contribution in [0.3, 0.4) is 0 Å². The second-order valence-corrected chi connectivity index (χ2v) is 9.56. The SMILES string of the molecule is COc1ccc(CC(=O)N2CCC2(Oc2ccc(C(F)(F)F)cc2)C(=O)N2CCN(C3=CC=CCN3)C2)cc1. The van der Waals surface area contributed by atoms with Crippen LogP contribution in [-0.2, 0) is 22.2 Å². The fourth-order valence-corrected chi connectivity index (χ4v) is 4.91. The highest BCUT2D eigenvalue weighted by Crippen LogP contribution is 2.38. The molecule has 2 aromatic carbocycles. The van der Waals surface area contributed by atoms with Gasteiger partial charge in [0.25, 0.3) is 11.6 Å². The molecule has 3 aliphatic rings. The predicted molar refractivity (Wildman–Crippen MR) is 136 cm³/mol. The maximum atomic E-state index is 14.0. The highest BCUT2D eigenvalue weighted by atomic mass is 19.4. The number of methoxy groups -OCH3 is 1.